The molecule has 0 saturated heterocycles. The summed E-state index contributed by atoms with van der Waals surface area (Å²) in [5.41, 5.74) is 0.384. The van der Waals surface area contributed by atoms with Crippen LogP contribution in [0.5, 0.6) is 0 Å². The van der Waals surface area contributed by atoms with Crippen LogP contribution in [0.3, 0.4) is 0 Å². The first-order valence-electron chi connectivity index (χ1n) is 7.26. The average molecular weight is 379 g/mol. The third-order valence-corrected chi connectivity index (χ3v) is 4.48. The number of aliphatic carboxylic acids is 1. The number of rotatable bonds is 4. The molecule has 1 aromatic heterocycles. The van der Waals surface area contributed by atoms with Crippen LogP contribution in [0, 0.1) is 0 Å². The molecule has 3 rings (SSSR count). The number of aromatic amines is 1. The second-order valence-corrected chi connectivity index (χ2v) is 6.61. The van der Waals surface area contributed by atoms with E-state index in [1.807, 2.05) is 0 Å². The number of fused-ring (bicyclic) bond motifs is 1. The Morgan fingerprint density at radius 2 is 2.04 bits per heavy atom. The molecule has 0 radical (unpaired) electrons. The Morgan fingerprint density at radius 3 is 2.65 bits per heavy atom. The maximum absolute atomic E-state index is 12.9. The zero-order valence-electron chi connectivity index (χ0n) is 12.4. The van der Waals surface area contributed by atoms with E-state index in [0.717, 1.165) is 17.3 Å². The Bertz CT molecular complexity index is 857. The minimum absolute atomic E-state index is 0.0740. The molecule has 120 valence electrons. The van der Waals surface area contributed by atoms with Gasteiger partial charge >= 0.3 is 5.97 Å². The van der Waals surface area contributed by atoms with Crippen LogP contribution in [0.4, 0.5) is 0 Å². The fourth-order valence-corrected chi connectivity index (χ4v) is 3.03. The van der Waals surface area contributed by atoms with Crippen LogP contribution in [-0.4, -0.2) is 39.0 Å². The van der Waals surface area contributed by atoms with E-state index in [4.69, 9.17) is 0 Å². The maximum Gasteiger partial charge on any atom is 0.326 e. The molecule has 0 aliphatic heterocycles. The number of nitrogens with one attached hydrogen (secondary N) is 1. The van der Waals surface area contributed by atoms with Gasteiger partial charge in [0.05, 0.1) is 5.56 Å². The number of pyridine rings is 1. The Kier molecular flexibility index (Phi) is 3.97. The third kappa shape index (κ3) is 3.01. The van der Waals surface area contributed by atoms with Gasteiger partial charge in [0.2, 0.25) is 5.56 Å². The standard InChI is InChI=1S/C16H15BrN2O4/c1-8(16(22)23)19(10-3-4-10)15(21)12-7-14(20)18-13-5-2-9(17)6-11(12)13/h2,5-8,10H,3-4H2,1H3,(H,18,20)(H,22,23). The lowest BCUT2D eigenvalue weighted by atomic mass is 10.1. The highest BCUT2D eigenvalue weighted by atomic mass is 79.9. The van der Waals surface area contributed by atoms with Gasteiger partial charge in [-0.25, -0.2) is 4.79 Å². The fourth-order valence-electron chi connectivity index (χ4n) is 2.67. The number of hydrogen-bond donors (Lipinski definition) is 2. The van der Waals surface area contributed by atoms with Gasteiger partial charge in [-0.3, -0.25) is 9.59 Å². The number of carbonyl (C=O) groups is 2. The number of aromatic nitrogens is 1. The van der Waals surface area contributed by atoms with Crippen molar-refractivity contribution in [2.24, 2.45) is 0 Å². The van der Waals surface area contributed by atoms with Crippen LogP contribution >= 0.6 is 15.9 Å². The molecule has 1 fully saturated rings. The van der Waals surface area contributed by atoms with Crippen LogP contribution in [-0.2, 0) is 4.79 Å². The number of nitrogens with zero attached hydrogens (tertiary/aromatic N) is 1. The van der Waals surface area contributed by atoms with E-state index in [1.54, 1.807) is 18.2 Å². The molecule has 2 aromatic rings. The molecule has 1 unspecified atom stereocenters. The summed E-state index contributed by atoms with van der Waals surface area (Å²) in [7, 11) is 0. The zero-order chi connectivity index (χ0) is 16.7. The third-order valence-electron chi connectivity index (χ3n) is 3.98. The van der Waals surface area contributed by atoms with Crippen molar-refractivity contribution in [1.82, 2.24) is 9.88 Å². The number of carbonyl (C=O) groups excluding carboxylic acids is 1. The average Bonchev–Trinajstić information content (AvgIpc) is 3.31. The molecule has 2 N–H and O–H groups in total. The van der Waals surface area contributed by atoms with Crippen molar-refractivity contribution in [1.29, 1.82) is 0 Å². The van der Waals surface area contributed by atoms with Crippen molar-refractivity contribution in [3.63, 3.8) is 0 Å². The summed E-state index contributed by atoms with van der Waals surface area (Å²) >= 11 is 3.35. The molecule has 1 amide bonds. The topological polar surface area (TPSA) is 90.5 Å². The summed E-state index contributed by atoms with van der Waals surface area (Å²) in [6.07, 6.45) is 1.57. The van der Waals surface area contributed by atoms with Gasteiger partial charge in [-0.05, 0) is 38.0 Å². The van der Waals surface area contributed by atoms with Crippen molar-refractivity contribution in [2.45, 2.75) is 31.8 Å². The molecule has 1 aliphatic carbocycles. The number of H-pyrrole nitrogens is 1. The minimum atomic E-state index is -1.06. The van der Waals surface area contributed by atoms with Gasteiger partial charge in [-0.1, -0.05) is 15.9 Å². The van der Waals surface area contributed by atoms with Gasteiger partial charge in [-0.2, -0.15) is 0 Å². The van der Waals surface area contributed by atoms with Crippen molar-refractivity contribution >= 4 is 38.7 Å². The molecule has 0 spiro atoms. The second kappa shape index (κ2) is 5.81. The predicted octanol–water partition coefficient (Wildman–Crippen LogP) is 2.37. The summed E-state index contributed by atoms with van der Waals surface area (Å²) in [5.74, 6) is -1.47. The smallest absolute Gasteiger partial charge is 0.326 e. The van der Waals surface area contributed by atoms with Crippen molar-refractivity contribution in [3.8, 4) is 0 Å². The van der Waals surface area contributed by atoms with E-state index < -0.39 is 17.9 Å². The first kappa shape index (κ1) is 15.7. The summed E-state index contributed by atoms with van der Waals surface area (Å²) < 4.78 is 0.773. The number of halogens is 1. The molecular formula is C16H15BrN2O4. The summed E-state index contributed by atoms with van der Waals surface area (Å²) in [6, 6.07) is 5.45. The minimum Gasteiger partial charge on any atom is -0.480 e. The highest BCUT2D eigenvalue weighted by Gasteiger charge is 2.39. The number of hydrogen-bond acceptors (Lipinski definition) is 3. The first-order valence-corrected chi connectivity index (χ1v) is 8.06. The first-order chi connectivity index (χ1) is 10.9. The van der Waals surface area contributed by atoms with Crippen LogP contribution < -0.4 is 5.56 Å². The lowest BCUT2D eigenvalue weighted by molar-refractivity contribution is -0.141. The molecule has 0 bridgehead atoms. The number of carboxylic acids is 1. The highest BCUT2D eigenvalue weighted by molar-refractivity contribution is 9.10. The molecule has 6 nitrogen and oxygen atoms in total. The Hall–Kier alpha value is -2.15. The van der Waals surface area contributed by atoms with Crippen LogP contribution in [0.15, 0.2) is 33.5 Å². The van der Waals surface area contributed by atoms with E-state index in [1.165, 1.54) is 17.9 Å². The molecule has 1 atom stereocenters. The van der Waals surface area contributed by atoms with Gasteiger partial charge in [-0.15, -0.1) is 0 Å². The molecular weight excluding hydrogens is 364 g/mol. The molecule has 7 heteroatoms. The summed E-state index contributed by atoms with van der Waals surface area (Å²) in [4.78, 5) is 40.2. The zero-order valence-corrected chi connectivity index (χ0v) is 14.0. The quantitative estimate of drug-likeness (QED) is 0.854. The van der Waals surface area contributed by atoms with E-state index in [9.17, 15) is 19.5 Å². The Balaban J connectivity index is 2.14. The molecule has 23 heavy (non-hydrogen) atoms. The largest absolute Gasteiger partial charge is 0.480 e. The molecule has 1 aliphatic rings. The lowest BCUT2D eigenvalue weighted by Gasteiger charge is -2.27. The van der Waals surface area contributed by atoms with E-state index >= 15 is 0 Å². The van der Waals surface area contributed by atoms with Crippen LogP contribution in [0.2, 0.25) is 0 Å². The predicted molar refractivity (Wildman–Crippen MR) is 88.6 cm³/mol. The number of amides is 1. The van der Waals surface area contributed by atoms with Gasteiger partial charge < -0.3 is 15.0 Å². The van der Waals surface area contributed by atoms with Crippen molar-refractivity contribution < 1.29 is 14.7 Å². The monoisotopic (exact) mass is 378 g/mol. The van der Waals surface area contributed by atoms with E-state index in [-0.39, 0.29) is 17.2 Å². The van der Waals surface area contributed by atoms with E-state index in [2.05, 4.69) is 20.9 Å². The normalized spacial score (nSPS) is 15.4. The number of carboxylic acid groups (broad SMARTS) is 1. The number of benzene rings is 1. The van der Waals surface area contributed by atoms with Crippen LogP contribution in [0.1, 0.15) is 30.1 Å². The van der Waals surface area contributed by atoms with Crippen molar-refractivity contribution in [2.75, 3.05) is 0 Å². The fraction of sp³-hybridized carbons (Fsp3) is 0.312. The van der Waals surface area contributed by atoms with E-state index in [0.29, 0.717) is 10.9 Å². The van der Waals surface area contributed by atoms with Gasteiger partial charge in [0.15, 0.2) is 0 Å². The maximum atomic E-state index is 12.9. The van der Waals surface area contributed by atoms with Gasteiger partial charge in [0.25, 0.3) is 5.91 Å². The molecule has 1 heterocycles. The SMILES string of the molecule is CC(C(=O)O)N(C(=O)c1cc(=O)[nH]c2ccc(Br)cc12)C1CC1. The Morgan fingerprint density at radius 1 is 1.35 bits per heavy atom. The summed E-state index contributed by atoms with van der Waals surface area (Å²) in [6.45, 7) is 1.49. The summed E-state index contributed by atoms with van der Waals surface area (Å²) in [5, 5.41) is 9.86. The van der Waals surface area contributed by atoms with Crippen molar-refractivity contribution in [3.05, 3.63) is 44.7 Å². The Labute approximate surface area is 140 Å². The molecule has 1 aromatic carbocycles. The lowest BCUT2D eigenvalue weighted by Crippen LogP contribution is -2.45. The highest BCUT2D eigenvalue weighted by Crippen LogP contribution is 2.31. The molecule has 1 saturated carbocycles. The van der Waals surface area contributed by atoms with Crippen LogP contribution in [0.25, 0.3) is 10.9 Å². The second-order valence-electron chi connectivity index (χ2n) is 5.69. The van der Waals surface area contributed by atoms with Gasteiger partial charge in [0, 0.05) is 27.5 Å². The van der Waals surface area contributed by atoms with Gasteiger partial charge in [0.1, 0.15) is 6.04 Å².